The molecule has 1 N–H and O–H groups in total. The average molecular weight is 219 g/mol. The summed E-state index contributed by atoms with van der Waals surface area (Å²) in [7, 11) is 2.04. The van der Waals surface area contributed by atoms with Crippen molar-refractivity contribution < 1.29 is 4.52 Å². The highest BCUT2D eigenvalue weighted by Gasteiger charge is 2.02. The predicted molar refractivity (Wildman–Crippen MR) is 61.8 cm³/mol. The van der Waals surface area contributed by atoms with Gasteiger partial charge in [0, 0.05) is 31.5 Å². The standard InChI is InChI=1S/C12H17N3O/c1-3-10-7-12(16-14-10)9-13-8-11-5-4-6-15(11)2/h4-7,13H,3,8-9H2,1-2H3. The maximum absolute atomic E-state index is 5.19. The highest BCUT2D eigenvalue weighted by Crippen LogP contribution is 2.04. The maximum atomic E-state index is 5.19. The molecule has 86 valence electrons. The zero-order valence-electron chi connectivity index (χ0n) is 9.73. The van der Waals surface area contributed by atoms with Crippen LogP contribution in [0.2, 0.25) is 0 Å². The van der Waals surface area contributed by atoms with Crippen LogP contribution in [-0.2, 0) is 26.6 Å². The molecule has 0 saturated carbocycles. The van der Waals surface area contributed by atoms with Gasteiger partial charge in [-0.3, -0.25) is 0 Å². The van der Waals surface area contributed by atoms with Crippen LogP contribution >= 0.6 is 0 Å². The average Bonchev–Trinajstić information content (AvgIpc) is 2.89. The minimum Gasteiger partial charge on any atom is -0.360 e. The molecular weight excluding hydrogens is 202 g/mol. The highest BCUT2D eigenvalue weighted by molar-refractivity contribution is 5.07. The van der Waals surface area contributed by atoms with Crippen molar-refractivity contribution in [1.82, 2.24) is 15.0 Å². The Balaban J connectivity index is 1.82. The molecule has 2 heterocycles. The Labute approximate surface area is 95.2 Å². The summed E-state index contributed by atoms with van der Waals surface area (Å²) < 4.78 is 7.29. The third kappa shape index (κ3) is 2.52. The van der Waals surface area contributed by atoms with Crippen LogP contribution in [-0.4, -0.2) is 9.72 Å². The van der Waals surface area contributed by atoms with Crippen LogP contribution in [0.1, 0.15) is 24.1 Å². The molecule has 0 atom stereocenters. The van der Waals surface area contributed by atoms with Crippen molar-refractivity contribution in [1.29, 1.82) is 0 Å². The Morgan fingerprint density at radius 1 is 1.44 bits per heavy atom. The van der Waals surface area contributed by atoms with Crippen molar-refractivity contribution in [3.63, 3.8) is 0 Å². The number of rotatable bonds is 5. The van der Waals surface area contributed by atoms with Gasteiger partial charge in [-0.2, -0.15) is 0 Å². The zero-order valence-corrected chi connectivity index (χ0v) is 9.73. The zero-order chi connectivity index (χ0) is 11.4. The first-order valence-electron chi connectivity index (χ1n) is 5.55. The second-order valence-corrected chi connectivity index (χ2v) is 3.85. The van der Waals surface area contributed by atoms with Crippen LogP contribution in [0.4, 0.5) is 0 Å². The van der Waals surface area contributed by atoms with E-state index in [4.69, 9.17) is 4.52 Å². The van der Waals surface area contributed by atoms with E-state index < -0.39 is 0 Å². The molecule has 2 aromatic rings. The lowest BCUT2D eigenvalue weighted by atomic mass is 10.3. The number of hydrogen-bond acceptors (Lipinski definition) is 3. The molecule has 0 radical (unpaired) electrons. The SMILES string of the molecule is CCc1cc(CNCc2cccn2C)on1. The van der Waals surface area contributed by atoms with E-state index in [2.05, 4.69) is 28.0 Å². The largest absolute Gasteiger partial charge is 0.360 e. The van der Waals surface area contributed by atoms with Gasteiger partial charge in [0.25, 0.3) is 0 Å². The van der Waals surface area contributed by atoms with Crippen LogP contribution < -0.4 is 5.32 Å². The van der Waals surface area contributed by atoms with Crippen molar-refractivity contribution >= 4 is 0 Å². The topological polar surface area (TPSA) is 43.0 Å². The van der Waals surface area contributed by atoms with E-state index in [1.165, 1.54) is 5.69 Å². The quantitative estimate of drug-likeness (QED) is 0.834. The Morgan fingerprint density at radius 2 is 2.31 bits per heavy atom. The Bertz CT molecular complexity index is 445. The first-order valence-corrected chi connectivity index (χ1v) is 5.55. The lowest BCUT2D eigenvalue weighted by molar-refractivity contribution is 0.367. The molecule has 0 aliphatic heterocycles. The van der Waals surface area contributed by atoms with E-state index in [1.54, 1.807) is 0 Å². The molecule has 2 aromatic heterocycles. The van der Waals surface area contributed by atoms with Crippen LogP contribution in [0.3, 0.4) is 0 Å². The maximum Gasteiger partial charge on any atom is 0.150 e. The van der Waals surface area contributed by atoms with Crippen molar-refractivity contribution in [2.24, 2.45) is 7.05 Å². The van der Waals surface area contributed by atoms with Crippen molar-refractivity contribution in [3.05, 3.63) is 41.5 Å². The monoisotopic (exact) mass is 219 g/mol. The lowest BCUT2D eigenvalue weighted by Crippen LogP contribution is -2.14. The molecule has 2 rings (SSSR count). The molecule has 4 heteroatoms. The van der Waals surface area contributed by atoms with Gasteiger partial charge in [0.05, 0.1) is 12.2 Å². The Morgan fingerprint density at radius 3 is 2.94 bits per heavy atom. The number of nitrogens with one attached hydrogen (secondary N) is 1. The molecule has 0 fully saturated rings. The van der Waals surface area contributed by atoms with Gasteiger partial charge in [0.15, 0.2) is 5.76 Å². The minimum absolute atomic E-state index is 0.720. The summed E-state index contributed by atoms with van der Waals surface area (Å²) in [4.78, 5) is 0. The molecule has 16 heavy (non-hydrogen) atoms. The summed E-state index contributed by atoms with van der Waals surface area (Å²) in [5, 5.41) is 7.28. The molecule has 0 aliphatic carbocycles. The molecule has 0 saturated heterocycles. The summed E-state index contributed by atoms with van der Waals surface area (Å²) in [6, 6.07) is 6.14. The normalized spacial score (nSPS) is 10.9. The van der Waals surface area contributed by atoms with E-state index in [1.807, 2.05) is 25.4 Å². The summed E-state index contributed by atoms with van der Waals surface area (Å²) in [5.74, 6) is 0.894. The number of hydrogen-bond donors (Lipinski definition) is 1. The molecule has 0 unspecified atom stereocenters. The van der Waals surface area contributed by atoms with E-state index in [0.29, 0.717) is 0 Å². The van der Waals surface area contributed by atoms with Gasteiger partial charge in [-0.15, -0.1) is 0 Å². The van der Waals surface area contributed by atoms with E-state index in [0.717, 1.165) is 31.0 Å². The number of aromatic nitrogens is 2. The van der Waals surface area contributed by atoms with Gasteiger partial charge < -0.3 is 14.4 Å². The van der Waals surface area contributed by atoms with Crippen LogP contribution in [0.5, 0.6) is 0 Å². The first kappa shape index (κ1) is 11.0. The third-order valence-corrected chi connectivity index (χ3v) is 2.63. The van der Waals surface area contributed by atoms with Crippen molar-refractivity contribution in [3.8, 4) is 0 Å². The summed E-state index contributed by atoms with van der Waals surface area (Å²) in [6.07, 6.45) is 2.96. The molecule has 4 nitrogen and oxygen atoms in total. The highest BCUT2D eigenvalue weighted by atomic mass is 16.5. The van der Waals surface area contributed by atoms with Gasteiger partial charge in [0.1, 0.15) is 0 Å². The smallest absolute Gasteiger partial charge is 0.150 e. The molecular formula is C12H17N3O. The first-order chi connectivity index (χ1) is 7.79. The fraction of sp³-hybridized carbons (Fsp3) is 0.417. The van der Waals surface area contributed by atoms with E-state index >= 15 is 0 Å². The third-order valence-electron chi connectivity index (χ3n) is 2.63. The minimum atomic E-state index is 0.720. The fourth-order valence-electron chi connectivity index (χ4n) is 1.60. The molecule has 0 aromatic carbocycles. The summed E-state index contributed by atoms with van der Waals surface area (Å²) >= 11 is 0. The van der Waals surface area contributed by atoms with Gasteiger partial charge in [-0.05, 0) is 18.6 Å². The number of aryl methyl sites for hydroxylation is 2. The molecule has 0 amide bonds. The van der Waals surface area contributed by atoms with Gasteiger partial charge >= 0.3 is 0 Å². The van der Waals surface area contributed by atoms with E-state index in [-0.39, 0.29) is 0 Å². The van der Waals surface area contributed by atoms with Gasteiger partial charge in [0.2, 0.25) is 0 Å². The molecule has 0 bridgehead atoms. The summed E-state index contributed by atoms with van der Waals surface area (Å²) in [5.41, 5.74) is 2.27. The predicted octanol–water partition coefficient (Wildman–Crippen LogP) is 1.87. The fourth-order valence-corrected chi connectivity index (χ4v) is 1.60. The van der Waals surface area contributed by atoms with Crippen LogP contribution in [0, 0.1) is 0 Å². The molecule has 0 aliphatic rings. The van der Waals surface area contributed by atoms with E-state index in [9.17, 15) is 0 Å². The van der Waals surface area contributed by atoms with Gasteiger partial charge in [-0.25, -0.2) is 0 Å². The van der Waals surface area contributed by atoms with Crippen LogP contribution in [0.25, 0.3) is 0 Å². The second kappa shape index (κ2) is 4.99. The number of nitrogens with zero attached hydrogens (tertiary/aromatic N) is 2. The Hall–Kier alpha value is -1.55. The second-order valence-electron chi connectivity index (χ2n) is 3.85. The van der Waals surface area contributed by atoms with Crippen molar-refractivity contribution in [2.45, 2.75) is 26.4 Å². The molecule has 0 spiro atoms. The summed E-state index contributed by atoms with van der Waals surface area (Å²) in [6.45, 7) is 3.63. The Kier molecular flexibility index (Phi) is 3.41. The van der Waals surface area contributed by atoms with Gasteiger partial charge in [-0.1, -0.05) is 12.1 Å². The van der Waals surface area contributed by atoms with Crippen molar-refractivity contribution in [2.75, 3.05) is 0 Å². The van der Waals surface area contributed by atoms with Crippen LogP contribution in [0.15, 0.2) is 28.9 Å². The lowest BCUT2D eigenvalue weighted by Gasteiger charge is -2.03.